The summed E-state index contributed by atoms with van der Waals surface area (Å²) in [5.74, 6) is 0.406. The minimum absolute atomic E-state index is 0.219. The van der Waals surface area contributed by atoms with Gasteiger partial charge < -0.3 is 10.5 Å². The molecule has 18 heavy (non-hydrogen) atoms. The van der Waals surface area contributed by atoms with Gasteiger partial charge in [-0.25, -0.2) is 4.39 Å². The van der Waals surface area contributed by atoms with Crippen LogP contribution in [0.15, 0.2) is 40.9 Å². The first kappa shape index (κ1) is 13.1. The standard InChI is InChI=1S/C14H13BrFNO/c1-9-2-4-12(16)14(6-9)18-13-5-3-10(8-17)7-11(13)15/h2-7H,8,17H2,1H3. The summed E-state index contributed by atoms with van der Waals surface area (Å²) < 4.78 is 19.9. The highest BCUT2D eigenvalue weighted by atomic mass is 79.9. The largest absolute Gasteiger partial charge is 0.453 e. The van der Waals surface area contributed by atoms with E-state index in [1.54, 1.807) is 18.2 Å². The van der Waals surface area contributed by atoms with Crippen LogP contribution in [0.2, 0.25) is 0 Å². The average molecular weight is 310 g/mol. The summed E-state index contributed by atoms with van der Waals surface area (Å²) in [6.45, 7) is 2.34. The van der Waals surface area contributed by atoms with Gasteiger partial charge in [0.2, 0.25) is 0 Å². The molecule has 0 atom stereocenters. The van der Waals surface area contributed by atoms with Crippen LogP contribution < -0.4 is 10.5 Å². The molecular formula is C14H13BrFNO. The Kier molecular flexibility index (Phi) is 3.99. The average Bonchev–Trinajstić information content (AvgIpc) is 2.36. The van der Waals surface area contributed by atoms with Crippen LogP contribution in [0, 0.1) is 12.7 Å². The zero-order valence-electron chi connectivity index (χ0n) is 9.91. The van der Waals surface area contributed by atoms with Crippen molar-refractivity contribution in [2.45, 2.75) is 13.5 Å². The Morgan fingerprint density at radius 3 is 2.61 bits per heavy atom. The van der Waals surface area contributed by atoms with Gasteiger partial charge in [-0.1, -0.05) is 12.1 Å². The molecule has 0 heterocycles. The van der Waals surface area contributed by atoms with Crippen LogP contribution in [0.4, 0.5) is 4.39 Å². The van der Waals surface area contributed by atoms with Gasteiger partial charge in [-0.05, 0) is 58.2 Å². The summed E-state index contributed by atoms with van der Waals surface area (Å²) in [6, 6.07) is 10.3. The fourth-order valence-electron chi connectivity index (χ4n) is 1.56. The predicted octanol–water partition coefficient (Wildman–Crippen LogP) is 4.15. The van der Waals surface area contributed by atoms with Gasteiger partial charge in [0.1, 0.15) is 5.75 Å². The molecule has 0 aliphatic carbocycles. The lowest BCUT2D eigenvalue weighted by Crippen LogP contribution is -1.96. The van der Waals surface area contributed by atoms with E-state index in [1.165, 1.54) is 6.07 Å². The second-order valence-corrected chi connectivity index (χ2v) is 4.86. The lowest BCUT2D eigenvalue weighted by atomic mass is 10.2. The first-order chi connectivity index (χ1) is 8.60. The second kappa shape index (κ2) is 5.50. The zero-order chi connectivity index (χ0) is 13.1. The van der Waals surface area contributed by atoms with Crippen molar-refractivity contribution < 1.29 is 9.13 Å². The molecular weight excluding hydrogens is 297 g/mol. The number of hydrogen-bond donors (Lipinski definition) is 1. The fraction of sp³-hybridized carbons (Fsp3) is 0.143. The fourth-order valence-corrected chi connectivity index (χ4v) is 2.07. The van der Waals surface area contributed by atoms with Crippen molar-refractivity contribution in [2.75, 3.05) is 0 Å². The molecule has 2 N–H and O–H groups in total. The van der Waals surface area contributed by atoms with Crippen molar-refractivity contribution in [2.24, 2.45) is 5.73 Å². The number of halogens is 2. The molecule has 0 amide bonds. The van der Waals surface area contributed by atoms with E-state index in [-0.39, 0.29) is 11.6 Å². The Morgan fingerprint density at radius 1 is 1.17 bits per heavy atom. The molecule has 0 fully saturated rings. The van der Waals surface area contributed by atoms with Crippen LogP contribution in [0.3, 0.4) is 0 Å². The predicted molar refractivity (Wildman–Crippen MR) is 73.2 cm³/mol. The molecule has 0 aliphatic heterocycles. The first-order valence-corrected chi connectivity index (χ1v) is 6.32. The van der Waals surface area contributed by atoms with Crippen LogP contribution >= 0.6 is 15.9 Å². The van der Waals surface area contributed by atoms with Crippen molar-refractivity contribution in [3.05, 3.63) is 57.8 Å². The molecule has 0 spiro atoms. The Hall–Kier alpha value is -1.39. The molecule has 2 aromatic carbocycles. The third kappa shape index (κ3) is 2.89. The summed E-state index contributed by atoms with van der Waals surface area (Å²) in [5, 5.41) is 0. The minimum atomic E-state index is -0.379. The number of benzene rings is 2. The molecule has 0 aromatic heterocycles. The molecule has 0 aliphatic rings. The van der Waals surface area contributed by atoms with Crippen LogP contribution in [-0.2, 0) is 6.54 Å². The monoisotopic (exact) mass is 309 g/mol. The number of nitrogens with two attached hydrogens (primary N) is 1. The summed E-state index contributed by atoms with van der Waals surface area (Å²) in [6.07, 6.45) is 0. The van der Waals surface area contributed by atoms with Crippen LogP contribution in [0.25, 0.3) is 0 Å². The van der Waals surface area contributed by atoms with E-state index in [0.717, 1.165) is 15.6 Å². The molecule has 94 valence electrons. The van der Waals surface area contributed by atoms with Gasteiger partial charge in [0.05, 0.1) is 4.47 Å². The van der Waals surface area contributed by atoms with Gasteiger partial charge in [-0.2, -0.15) is 0 Å². The third-order valence-electron chi connectivity index (χ3n) is 2.54. The smallest absolute Gasteiger partial charge is 0.165 e. The maximum Gasteiger partial charge on any atom is 0.165 e. The third-order valence-corrected chi connectivity index (χ3v) is 3.16. The van der Waals surface area contributed by atoms with Crippen molar-refractivity contribution >= 4 is 15.9 Å². The molecule has 0 unspecified atom stereocenters. The molecule has 0 saturated carbocycles. The van der Waals surface area contributed by atoms with E-state index >= 15 is 0 Å². The Bertz CT molecular complexity index is 572. The Labute approximate surface area is 114 Å². The molecule has 2 nitrogen and oxygen atoms in total. The highest BCUT2D eigenvalue weighted by Gasteiger charge is 2.08. The number of hydrogen-bond acceptors (Lipinski definition) is 2. The maximum absolute atomic E-state index is 13.6. The molecule has 0 saturated heterocycles. The van der Waals surface area contributed by atoms with E-state index in [0.29, 0.717) is 12.3 Å². The SMILES string of the molecule is Cc1ccc(F)c(Oc2ccc(CN)cc2Br)c1. The Morgan fingerprint density at radius 2 is 1.94 bits per heavy atom. The van der Waals surface area contributed by atoms with Gasteiger partial charge in [0.15, 0.2) is 11.6 Å². The lowest BCUT2D eigenvalue weighted by Gasteiger charge is -2.10. The van der Waals surface area contributed by atoms with Crippen LogP contribution in [-0.4, -0.2) is 0 Å². The summed E-state index contributed by atoms with van der Waals surface area (Å²) in [5.41, 5.74) is 7.47. The second-order valence-electron chi connectivity index (χ2n) is 4.00. The highest BCUT2D eigenvalue weighted by molar-refractivity contribution is 9.10. The van der Waals surface area contributed by atoms with E-state index < -0.39 is 0 Å². The van der Waals surface area contributed by atoms with E-state index in [2.05, 4.69) is 15.9 Å². The van der Waals surface area contributed by atoms with Gasteiger partial charge in [-0.15, -0.1) is 0 Å². The molecule has 2 rings (SSSR count). The minimum Gasteiger partial charge on any atom is -0.453 e. The van der Waals surface area contributed by atoms with Crippen molar-refractivity contribution in [3.63, 3.8) is 0 Å². The van der Waals surface area contributed by atoms with Crippen LogP contribution in [0.1, 0.15) is 11.1 Å². The van der Waals surface area contributed by atoms with E-state index in [9.17, 15) is 4.39 Å². The molecule has 2 aromatic rings. The quantitative estimate of drug-likeness (QED) is 0.924. The summed E-state index contributed by atoms with van der Waals surface area (Å²) in [7, 11) is 0. The van der Waals surface area contributed by atoms with E-state index in [1.807, 2.05) is 19.1 Å². The lowest BCUT2D eigenvalue weighted by molar-refractivity contribution is 0.439. The van der Waals surface area contributed by atoms with Gasteiger partial charge in [0.25, 0.3) is 0 Å². The van der Waals surface area contributed by atoms with Crippen molar-refractivity contribution in [1.29, 1.82) is 0 Å². The first-order valence-electron chi connectivity index (χ1n) is 5.52. The van der Waals surface area contributed by atoms with E-state index in [4.69, 9.17) is 10.5 Å². The van der Waals surface area contributed by atoms with Crippen molar-refractivity contribution in [3.8, 4) is 11.5 Å². The normalized spacial score (nSPS) is 10.4. The summed E-state index contributed by atoms with van der Waals surface area (Å²) >= 11 is 3.39. The van der Waals surface area contributed by atoms with Gasteiger partial charge in [-0.3, -0.25) is 0 Å². The number of rotatable bonds is 3. The summed E-state index contributed by atoms with van der Waals surface area (Å²) in [4.78, 5) is 0. The number of ether oxygens (including phenoxy) is 1. The zero-order valence-corrected chi connectivity index (χ0v) is 11.5. The topological polar surface area (TPSA) is 35.2 Å². The molecule has 0 bridgehead atoms. The van der Waals surface area contributed by atoms with Gasteiger partial charge >= 0.3 is 0 Å². The Balaban J connectivity index is 2.31. The highest BCUT2D eigenvalue weighted by Crippen LogP contribution is 2.32. The number of aryl methyl sites for hydroxylation is 1. The van der Waals surface area contributed by atoms with Crippen LogP contribution in [0.5, 0.6) is 11.5 Å². The van der Waals surface area contributed by atoms with Crippen molar-refractivity contribution in [1.82, 2.24) is 0 Å². The maximum atomic E-state index is 13.6. The molecule has 4 heteroatoms. The molecule has 0 radical (unpaired) electrons. The van der Waals surface area contributed by atoms with Gasteiger partial charge in [0, 0.05) is 6.54 Å².